The van der Waals surface area contributed by atoms with Crippen LogP contribution in [-0.2, 0) is 6.42 Å². The number of carbonyl (C=O) groups is 1. The summed E-state index contributed by atoms with van der Waals surface area (Å²) >= 11 is 2.11. The molecule has 0 bridgehead atoms. The topological polar surface area (TPSA) is 17.1 Å². The van der Waals surface area contributed by atoms with Crippen molar-refractivity contribution in [1.29, 1.82) is 0 Å². The Morgan fingerprint density at radius 2 is 1.61 bits per heavy atom. The average Bonchev–Trinajstić information content (AvgIpc) is 2.42. The van der Waals surface area contributed by atoms with Gasteiger partial charge in [0.25, 0.3) is 0 Å². The second-order valence-electron chi connectivity index (χ2n) is 4.77. The quantitative estimate of drug-likeness (QED) is 0.256. The van der Waals surface area contributed by atoms with Gasteiger partial charge in [0.2, 0.25) is 0 Å². The van der Waals surface area contributed by atoms with E-state index in [1.54, 1.807) is 0 Å². The maximum atomic E-state index is 11.5. The number of rotatable bonds is 9. The lowest BCUT2D eigenvalue weighted by molar-refractivity contribution is 0.102. The number of unbranched alkanes of at least 4 members (excludes halogenated alkanes) is 5. The Morgan fingerprint density at radius 3 is 2.22 bits per heavy atom. The van der Waals surface area contributed by atoms with E-state index in [-0.39, 0.29) is 5.78 Å². The van der Waals surface area contributed by atoms with E-state index in [1.807, 2.05) is 12.1 Å². The monoisotopic (exact) mass is 358 g/mol. The van der Waals surface area contributed by atoms with Crippen molar-refractivity contribution in [3.05, 3.63) is 35.4 Å². The SMILES string of the molecule is CCCCCCCCc1ccc(C(=O)CI)cc1. The molecule has 0 aromatic heterocycles. The van der Waals surface area contributed by atoms with Crippen LogP contribution in [0, 0.1) is 0 Å². The van der Waals surface area contributed by atoms with Crippen molar-refractivity contribution in [2.45, 2.75) is 51.9 Å². The zero-order chi connectivity index (χ0) is 13.2. The second kappa shape index (κ2) is 9.54. The van der Waals surface area contributed by atoms with E-state index in [4.69, 9.17) is 0 Å². The fourth-order valence-electron chi connectivity index (χ4n) is 2.04. The molecule has 100 valence electrons. The maximum Gasteiger partial charge on any atom is 0.172 e. The fourth-order valence-corrected chi connectivity index (χ4v) is 2.48. The van der Waals surface area contributed by atoms with Crippen LogP contribution in [0.1, 0.15) is 61.4 Å². The van der Waals surface area contributed by atoms with Gasteiger partial charge in [0.1, 0.15) is 0 Å². The molecule has 1 aromatic carbocycles. The molecule has 1 rings (SSSR count). The Morgan fingerprint density at radius 1 is 1.00 bits per heavy atom. The molecule has 0 atom stereocenters. The van der Waals surface area contributed by atoms with Crippen molar-refractivity contribution < 1.29 is 4.79 Å². The second-order valence-corrected chi connectivity index (χ2v) is 5.53. The number of benzene rings is 1. The minimum atomic E-state index is 0.224. The minimum absolute atomic E-state index is 0.224. The molecule has 0 fully saturated rings. The van der Waals surface area contributed by atoms with Gasteiger partial charge in [-0.1, -0.05) is 85.9 Å². The number of Topliss-reactive ketones (excluding diaryl/α,β-unsaturated/α-hetero) is 1. The standard InChI is InChI=1S/C16H23IO/c1-2-3-4-5-6-7-8-14-9-11-15(12-10-14)16(18)13-17/h9-12H,2-8,13H2,1H3. The molecular weight excluding hydrogens is 335 g/mol. The van der Waals surface area contributed by atoms with Crippen LogP contribution >= 0.6 is 22.6 Å². The number of hydrogen-bond donors (Lipinski definition) is 0. The summed E-state index contributed by atoms with van der Waals surface area (Å²) in [5.74, 6) is 0.224. The van der Waals surface area contributed by atoms with Crippen LogP contribution in [0.5, 0.6) is 0 Å². The Bertz CT molecular complexity index is 343. The summed E-state index contributed by atoms with van der Waals surface area (Å²) < 4.78 is 0.564. The van der Waals surface area contributed by atoms with Crippen LogP contribution in [0.4, 0.5) is 0 Å². The average molecular weight is 358 g/mol. The van der Waals surface area contributed by atoms with Crippen LogP contribution in [0.2, 0.25) is 0 Å². The lowest BCUT2D eigenvalue weighted by atomic mass is 10.0. The van der Waals surface area contributed by atoms with Crippen LogP contribution < -0.4 is 0 Å². The van der Waals surface area contributed by atoms with E-state index < -0.39 is 0 Å². The van der Waals surface area contributed by atoms with E-state index in [0.29, 0.717) is 4.43 Å². The highest BCUT2D eigenvalue weighted by Gasteiger charge is 2.02. The molecule has 0 saturated heterocycles. The highest BCUT2D eigenvalue weighted by Crippen LogP contribution is 2.12. The fraction of sp³-hybridized carbons (Fsp3) is 0.562. The molecule has 0 radical (unpaired) electrons. The highest BCUT2D eigenvalue weighted by atomic mass is 127. The first kappa shape index (κ1) is 15.7. The zero-order valence-corrected chi connectivity index (χ0v) is 13.4. The van der Waals surface area contributed by atoms with Gasteiger partial charge in [-0.25, -0.2) is 0 Å². The third kappa shape index (κ3) is 5.98. The molecule has 0 heterocycles. The Hall–Kier alpha value is -0.380. The van der Waals surface area contributed by atoms with Gasteiger partial charge < -0.3 is 0 Å². The number of ketones is 1. The van der Waals surface area contributed by atoms with E-state index in [1.165, 1.54) is 44.1 Å². The van der Waals surface area contributed by atoms with E-state index in [9.17, 15) is 4.79 Å². The molecule has 0 N–H and O–H groups in total. The largest absolute Gasteiger partial charge is 0.293 e. The first-order valence-corrected chi connectivity index (χ1v) is 8.48. The third-order valence-corrected chi connectivity index (χ3v) is 3.91. The van der Waals surface area contributed by atoms with Gasteiger partial charge in [-0.15, -0.1) is 0 Å². The predicted octanol–water partition coefficient (Wildman–Crippen LogP) is 5.21. The molecule has 0 spiro atoms. The first-order valence-electron chi connectivity index (χ1n) is 6.96. The normalized spacial score (nSPS) is 10.6. The van der Waals surface area contributed by atoms with Crippen molar-refractivity contribution in [2.24, 2.45) is 0 Å². The Balaban J connectivity index is 2.25. The Kier molecular flexibility index (Phi) is 8.31. The first-order chi connectivity index (χ1) is 8.77. The zero-order valence-electron chi connectivity index (χ0n) is 11.3. The lowest BCUT2D eigenvalue weighted by Gasteiger charge is -2.03. The van der Waals surface area contributed by atoms with Crippen molar-refractivity contribution in [3.63, 3.8) is 0 Å². The van der Waals surface area contributed by atoms with Crippen LogP contribution in [-0.4, -0.2) is 10.2 Å². The van der Waals surface area contributed by atoms with Gasteiger partial charge in [-0.3, -0.25) is 4.79 Å². The lowest BCUT2D eigenvalue weighted by Crippen LogP contribution is -1.99. The predicted molar refractivity (Wildman–Crippen MR) is 86.7 cm³/mol. The number of aryl methyl sites for hydroxylation is 1. The molecule has 0 aliphatic rings. The molecule has 1 aromatic rings. The van der Waals surface area contributed by atoms with Gasteiger partial charge in [0.05, 0.1) is 4.43 Å². The van der Waals surface area contributed by atoms with Crippen LogP contribution in [0.3, 0.4) is 0 Å². The van der Waals surface area contributed by atoms with Crippen LogP contribution in [0.15, 0.2) is 24.3 Å². The smallest absolute Gasteiger partial charge is 0.172 e. The summed E-state index contributed by atoms with van der Waals surface area (Å²) in [5, 5.41) is 0. The summed E-state index contributed by atoms with van der Waals surface area (Å²) in [5.41, 5.74) is 2.20. The van der Waals surface area contributed by atoms with E-state index >= 15 is 0 Å². The van der Waals surface area contributed by atoms with Gasteiger partial charge in [0.15, 0.2) is 5.78 Å². The molecule has 1 nitrogen and oxygen atoms in total. The van der Waals surface area contributed by atoms with Gasteiger partial charge in [-0.2, -0.15) is 0 Å². The molecule has 0 unspecified atom stereocenters. The summed E-state index contributed by atoms with van der Waals surface area (Å²) in [7, 11) is 0. The van der Waals surface area contributed by atoms with E-state index in [0.717, 1.165) is 12.0 Å². The number of carbonyl (C=O) groups excluding carboxylic acids is 1. The molecular formula is C16H23IO. The van der Waals surface area contributed by atoms with Gasteiger partial charge in [0, 0.05) is 5.56 Å². The summed E-state index contributed by atoms with van der Waals surface area (Å²) in [4.78, 5) is 11.5. The number of halogens is 1. The highest BCUT2D eigenvalue weighted by molar-refractivity contribution is 14.1. The summed E-state index contributed by atoms with van der Waals surface area (Å²) in [6.07, 6.45) is 9.15. The minimum Gasteiger partial charge on any atom is -0.293 e. The molecule has 0 saturated carbocycles. The van der Waals surface area contributed by atoms with Crippen molar-refractivity contribution in [3.8, 4) is 0 Å². The number of hydrogen-bond acceptors (Lipinski definition) is 1. The van der Waals surface area contributed by atoms with E-state index in [2.05, 4.69) is 41.6 Å². The molecule has 0 amide bonds. The van der Waals surface area contributed by atoms with Crippen LogP contribution in [0.25, 0.3) is 0 Å². The molecule has 18 heavy (non-hydrogen) atoms. The van der Waals surface area contributed by atoms with Gasteiger partial charge >= 0.3 is 0 Å². The van der Waals surface area contributed by atoms with Crippen molar-refractivity contribution in [1.82, 2.24) is 0 Å². The third-order valence-electron chi connectivity index (χ3n) is 3.22. The number of alkyl halides is 1. The summed E-state index contributed by atoms with van der Waals surface area (Å²) in [6.45, 7) is 2.25. The molecule has 0 aliphatic heterocycles. The van der Waals surface area contributed by atoms with Crippen molar-refractivity contribution >= 4 is 28.4 Å². The Labute approximate surface area is 125 Å². The van der Waals surface area contributed by atoms with Crippen molar-refractivity contribution in [2.75, 3.05) is 4.43 Å². The molecule has 2 heteroatoms. The summed E-state index contributed by atoms with van der Waals surface area (Å²) in [6, 6.07) is 8.14. The maximum absolute atomic E-state index is 11.5. The molecule has 0 aliphatic carbocycles. The van der Waals surface area contributed by atoms with Gasteiger partial charge in [-0.05, 0) is 18.4 Å².